The number of hydrogen-bond acceptors (Lipinski definition) is 4. The second-order valence-electron chi connectivity index (χ2n) is 10.2. The molecule has 3 unspecified atom stereocenters. The first kappa shape index (κ1) is 25.0. The number of esters is 2. The summed E-state index contributed by atoms with van der Waals surface area (Å²) in [6, 6.07) is 0. The molecule has 180 valence electrons. The minimum Gasteiger partial charge on any atom is -0.463 e. The minimum absolute atomic E-state index is 0.0182. The zero-order valence-corrected chi connectivity index (χ0v) is 19.5. The molecule has 32 heavy (non-hydrogen) atoms. The van der Waals surface area contributed by atoms with Gasteiger partial charge in [0.25, 0.3) is 0 Å². The van der Waals surface area contributed by atoms with Gasteiger partial charge < -0.3 is 9.47 Å². The number of rotatable bonds is 9. The molecule has 3 atom stereocenters. The van der Waals surface area contributed by atoms with Crippen LogP contribution in [0.5, 0.6) is 0 Å². The van der Waals surface area contributed by atoms with Crippen molar-refractivity contribution in [3.63, 3.8) is 0 Å². The van der Waals surface area contributed by atoms with E-state index >= 15 is 4.39 Å². The minimum atomic E-state index is -0.678. The molecule has 5 heteroatoms. The van der Waals surface area contributed by atoms with E-state index in [-0.39, 0.29) is 24.0 Å². The number of ether oxygens (including phenoxy) is 2. The van der Waals surface area contributed by atoms with E-state index in [0.717, 1.165) is 57.3 Å². The highest BCUT2D eigenvalue weighted by Crippen LogP contribution is 2.47. The molecule has 0 aromatic carbocycles. The molecule has 0 aromatic heterocycles. The van der Waals surface area contributed by atoms with Gasteiger partial charge in [0.1, 0.15) is 12.3 Å². The summed E-state index contributed by atoms with van der Waals surface area (Å²) in [5.41, 5.74) is 0. The SMILES string of the molecule is C=CC(=O)OCCCC1CCC(C2CCC(C3CCC(OC(=O)C=C)CC3)C(F)C2)CC1. The van der Waals surface area contributed by atoms with E-state index in [1.807, 2.05) is 0 Å². The highest BCUT2D eigenvalue weighted by Gasteiger charge is 2.40. The van der Waals surface area contributed by atoms with Gasteiger partial charge in [0.15, 0.2) is 0 Å². The van der Waals surface area contributed by atoms with Gasteiger partial charge in [0.05, 0.1) is 6.61 Å². The molecule has 0 bridgehead atoms. The summed E-state index contributed by atoms with van der Waals surface area (Å²) < 4.78 is 25.7. The van der Waals surface area contributed by atoms with Gasteiger partial charge in [-0.15, -0.1) is 0 Å². The van der Waals surface area contributed by atoms with Gasteiger partial charge in [-0.05, 0) is 100 Å². The normalized spacial score (nSPS) is 35.5. The molecular formula is C27H41FO4. The Hall–Kier alpha value is -1.65. The van der Waals surface area contributed by atoms with Crippen molar-refractivity contribution in [1.29, 1.82) is 0 Å². The Morgan fingerprint density at radius 1 is 0.812 bits per heavy atom. The van der Waals surface area contributed by atoms with Gasteiger partial charge in [-0.3, -0.25) is 0 Å². The van der Waals surface area contributed by atoms with E-state index in [0.29, 0.717) is 24.4 Å². The molecule has 0 saturated heterocycles. The van der Waals surface area contributed by atoms with E-state index in [1.165, 1.54) is 44.3 Å². The summed E-state index contributed by atoms with van der Waals surface area (Å²) in [6.45, 7) is 7.35. The molecule has 3 aliphatic carbocycles. The Morgan fingerprint density at radius 2 is 1.44 bits per heavy atom. The molecule has 3 rings (SSSR count). The van der Waals surface area contributed by atoms with Crippen LogP contribution in [0.3, 0.4) is 0 Å². The first-order valence-electron chi connectivity index (χ1n) is 12.8. The molecule has 4 nitrogen and oxygen atoms in total. The van der Waals surface area contributed by atoms with Crippen LogP contribution in [0.4, 0.5) is 4.39 Å². The lowest BCUT2D eigenvalue weighted by Gasteiger charge is -2.43. The van der Waals surface area contributed by atoms with E-state index in [1.54, 1.807) is 0 Å². The standard InChI is InChI=1S/C27H41FO4/c1-3-26(29)31-17-5-6-19-7-9-20(10-8-19)22-13-16-24(25(28)18-22)21-11-14-23(15-12-21)32-27(30)4-2/h3-4,19-25H,1-2,5-18H2. The third-order valence-electron chi connectivity index (χ3n) is 8.36. The smallest absolute Gasteiger partial charge is 0.330 e. The summed E-state index contributed by atoms with van der Waals surface area (Å²) in [5, 5.41) is 0. The van der Waals surface area contributed by atoms with Gasteiger partial charge in [0, 0.05) is 12.2 Å². The van der Waals surface area contributed by atoms with Crippen LogP contribution in [-0.4, -0.2) is 30.8 Å². The maximum atomic E-state index is 15.2. The molecule has 0 radical (unpaired) electrons. The largest absolute Gasteiger partial charge is 0.463 e. The summed E-state index contributed by atoms with van der Waals surface area (Å²) >= 11 is 0. The van der Waals surface area contributed by atoms with E-state index in [2.05, 4.69) is 13.2 Å². The van der Waals surface area contributed by atoms with E-state index in [9.17, 15) is 9.59 Å². The predicted molar refractivity (Wildman–Crippen MR) is 124 cm³/mol. The Balaban J connectivity index is 1.34. The second-order valence-corrected chi connectivity index (χ2v) is 10.2. The zero-order chi connectivity index (χ0) is 22.9. The van der Waals surface area contributed by atoms with Crippen LogP contribution in [0.25, 0.3) is 0 Å². The van der Waals surface area contributed by atoms with Crippen molar-refractivity contribution in [2.45, 2.75) is 95.7 Å². The molecule has 3 fully saturated rings. The van der Waals surface area contributed by atoms with Crippen molar-refractivity contribution in [1.82, 2.24) is 0 Å². The van der Waals surface area contributed by atoms with Crippen molar-refractivity contribution >= 4 is 11.9 Å². The number of carbonyl (C=O) groups excluding carboxylic acids is 2. The molecular weight excluding hydrogens is 407 g/mol. The third kappa shape index (κ3) is 7.18. The van der Waals surface area contributed by atoms with E-state index in [4.69, 9.17) is 9.47 Å². The fraction of sp³-hybridized carbons (Fsp3) is 0.778. The fourth-order valence-electron chi connectivity index (χ4n) is 6.53. The highest BCUT2D eigenvalue weighted by molar-refractivity contribution is 5.81. The molecule has 0 amide bonds. The van der Waals surface area contributed by atoms with Crippen molar-refractivity contribution in [2.75, 3.05) is 6.61 Å². The van der Waals surface area contributed by atoms with Crippen LogP contribution >= 0.6 is 0 Å². The monoisotopic (exact) mass is 448 g/mol. The van der Waals surface area contributed by atoms with Crippen LogP contribution in [0.1, 0.15) is 83.5 Å². The second kappa shape index (κ2) is 12.6. The van der Waals surface area contributed by atoms with Crippen LogP contribution in [0.2, 0.25) is 0 Å². The Bertz CT molecular complexity index is 632. The summed E-state index contributed by atoms with van der Waals surface area (Å²) in [5.74, 6) is 1.89. The molecule has 3 saturated carbocycles. The molecule has 3 aliphatic rings. The molecule has 0 aliphatic heterocycles. The number of alkyl halides is 1. The third-order valence-corrected chi connectivity index (χ3v) is 8.36. The Labute approximate surface area is 193 Å². The molecule has 0 N–H and O–H groups in total. The van der Waals surface area contributed by atoms with Crippen molar-refractivity contribution < 1.29 is 23.5 Å². The average molecular weight is 449 g/mol. The summed E-state index contributed by atoms with van der Waals surface area (Å²) in [7, 11) is 0. The van der Waals surface area contributed by atoms with Gasteiger partial charge in [-0.25, -0.2) is 14.0 Å². The molecule has 0 aromatic rings. The summed E-state index contributed by atoms with van der Waals surface area (Å²) in [4.78, 5) is 22.5. The van der Waals surface area contributed by atoms with Crippen molar-refractivity contribution in [3.8, 4) is 0 Å². The van der Waals surface area contributed by atoms with Crippen LogP contribution in [0.15, 0.2) is 25.3 Å². The highest BCUT2D eigenvalue weighted by atomic mass is 19.1. The lowest BCUT2D eigenvalue weighted by Crippen LogP contribution is -2.37. The Kier molecular flexibility index (Phi) is 9.80. The van der Waals surface area contributed by atoms with E-state index < -0.39 is 6.17 Å². The van der Waals surface area contributed by atoms with Gasteiger partial charge in [-0.1, -0.05) is 26.0 Å². The van der Waals surface area contributed by atoms with Crippen LogP contribution < -0.4 is 0 Å². The maximum Gasteiger partial charge on any atom is 0.330 e. The lowest BCUT2D eigenvalue weighted by atomic mass is 9.64. The fourth-order valence-corrected chi connectivity index (χ4v) is 6.53. The first-order valence-corrected chi connectivity index (χ1v) is 12.8. The maximum absolute atomic E-state index is 15.2. The van der Waals surface area contributed by atoms with Crippen molar-refractivity contribution in [2.24, 2.45) is 29.6 Å². The quantitative estimate of drug-likeness (QED) is 0.234. The number of hydrogen-bond donors (Lipinski definition) is 0. The number of carbonyl (C=O) groups is 2. The molecule has 0 spiro atoms. The zero-order valence-electron chi connectivity index (χ0n) is 19.5. The van der Waals surface area contributed by atoms with Gasteiger partial charge >= 0.3 is 11.9 Å². The number of halogens is 1. The van der Waals surface area contributed by atoms with Crippen LogP contribution in [-0.2, 0) is 19.1 Å². The van der Waals surface area contributed by atoms with Gasteiger partial charge in [-0.2, -0.15) is 0 Å². The summed E-state index contributed by atoms with van der Waals surface area (Å²) in [6.07, 6.45) is 15.2. The Morgan fingerprint density at radius 3 is 2.06 bits per heavy atom. The van der Waals surface area contributed by atoms with Gasteiger partial charge in [0.2, 0.25) is 0 Å². The van der Waals surface area contributed by atoms with Crippen LogP contribution in [0, 0.1) is 29.6 Å². The topological polar surface area (TPSA) is 52.6 Å². The lowest BCUT2D eigenvalue weighted by molar-refractivity contribution is -0.145. The molecule has 0 heterocycles. The van der Waals surface area contributed by atoms with Crippen molar-refractivity contribution in [3.05, 3.63) is 25.3 Å². The first-order chi connectivity index (χ1) is 15.5. The average Bonchev–Trinajstić information content (AvgIpc) is 2.82. The predicted octanol–water partition coefficient (Wildman–Crippen LogP) is 6.34.